The van der Waals surface area contributed by atoms with Crippen molar-refractivity contribution in [3.63, 3.8) is 0 Å². The van der Waals surface area contributed by atoms with Crippen LogP contribution in [0.1, 0.15) is 46.0 Å². The smallest absolute Gasteiger partial charge is 0.0678 e. The first-order valence-corrected chi connectivity index (χ1v) is 7.23. The second kappa shape index (κ2) is 6.72. The minimum Gasteiger partial charge on any atom is -0.377 e. The van der Waals surface area contributed by atoms with Crippen LogP contribution in [0.4, 0.5) is 0 Å². The second-order valence-corrected chi connectivity index (χ2v) is 5.65. The standard InChI is InChI=1S/C14H27NO2/c1-12-10-15(11-13(2)17-12)8-9-16-14-6-4-3-5-7-14/h12-14H,3-11H2,1-2H3. The van der Waals surface area contributed by atoms with Crippen LogP contribution in [0.2, 0.25) is 0 Å². The number of ether oxygens (including phenoxy) is 2. The lowest BCUT2D eigenvalue weighted by Crippen LogP contribution is -2.46. The van der Waals surface area contributed by atoms with Gasteiger partial charge in [-0.25, -0.2) is 0 Å². The Morgan fingerprint density at radius 2 is 1.71 bits per heavy atom. The van der Waals surface area contributed by atoms with Crippen molar-refractivity contribution in [3.8, 4) is 0 Å². The van der Waals surface area contributed by atoms with Gasteiger partial charge in [-0.3, -0.25) is 4.90 Å². The average Bonchev–Trinajstić information content (AvgIpc) is 2.29. The molecule has 0 N–H and O–H groups in total. The molecule has 1 saturated heterocycles. The molecule has 0 aromatic carbocycles. The molecule has 17 heavy (non-hydrogen) atoms. The zero-order chi connectivity index (χ0) is 12.1. The fraction of sp³-hybridized carbons (Fsp3) is 1.00. The van der Waals surface area contributed by atoms with Crippen LogP contribution < -0.4 is 0 Å². The van der Waals surface area contributed by atoms with E-state index in [9.17, 15) is 0 Å². The van der Waals surface area contributed by atoms with Gasteiger partial charge in [0, 0.05) is 19.6 Å². The first-order valence-electron chi connectivity index (χ1n) is 7.23. The minimum atomic E-state index is 0.369. The van der Waals surface area contributed by atoms with Gasteiger partial charge in [0.25, 0.3) is 0 Å². The van der Waals surface area contributed by atoms with Crippen molar-refractivity contribution in [2.24, 2.45) is 0 Å². The van der Waals surface area contributed by atoms with Gasteiger partial charge in [0.2, 0.25) is 0 Å². The van der Waals surface area contributed by atoms with Gasteiger partial charge >= 0.3 is 0 Å². The van der Waals surface area contributed by atoms with E-state index >= 15 is 0 Å². The van der Waals surface area contributed by atoms with Gasteiger partial charge in [-0.05, 0) is 26.7 Å². The molecule has 0 aromatic rings. The lowest BCUT2D eigenvalue weighted by Gasteiger charge is -2.35. The van der Waals surface area contributed by atoms with Crippen LogP contribution in [0.15, 0.2) is 0 Å². The van der Waals surface area contributed by atoms with Crippen molar-refractivity contribution >= 4 is 0 Å². The minimum absolute atomic E-state index is 0.369. The predicted molar refractivity (Wildman–Crippen MR) is 69.3 cm³/mol. The zero-order valence-corrected chi connectivity index (χ0v) is 11.4. The number of morpholine rings is 1. The van der Waals surface area contributed by atoms with Crippen LogP contribution in [-0.4, -0.2) is 49.5 Å². The van der Waals surface area contributed by atoms with E-state index < -0.39 is 0 Å². The highest BCUT2D eigenvalue weighted by atomic mass is 16.5. The van der Waals surface area contributed by atoms with Crippen LogP contribution in [-0.2, 0) is 9.47 Å². The van der Waals surface area contributed by atoms with E-state index in [2.05, 4.69) is 18.7 Å². The van der Waals surface area contributed by atoms with Crippen LogP contribution in [0, 0.1) is 0 Å². The number of hydrogen-bond acceptors (Lipinski definition) is 3. The van der Waals surface area contributed by atoms with Gasteiger partial charge in [-0.1, -0.05) is 19.3 Å². The Balaban J connectivity index is 1.60. The fourth-order valence-corrected chi connectivity index (χ4v) is 3.05. The Bertz CT molecular complexity index is 206. The summed E-state index contributed by atoms with van der Waals surface area (Å²) < 4.78 is 11.7. The number of rotatable bonds is 4. The van der Waals surface area contributed by atoms with E-state index in [1.807, 2.05) is 0 Å². The van der Waals surface area contributed by atoms with Crippen molar-refractivity contribution in [1.82, 2.24) is 4.90 Å². The van der Waals surface area contributed by atoms with Gasteiger partial charge in [-0.15, -0.1) is 0 Å². The first kappa shape index (κ1) is 13.3. The van der Waals surface area contributed by atoms with Crippen molar-refractivity contribution in [2.75, 3.05) is 26.2 Å². The Hall–Kier alpha value is -0.120. The third kappa shape index (κ3) is 4.57. The van der Waals surface area contributed by atoms with Crippen molar-refractivity contribution < 1.29 is 9.47 Å². The van der Waals surface area contributed by atoms with Gasteiger partial charge in [-0.2, -0.15) is 0 Å². The summed E-state index contributed by atoms with van der Waals surface area (Å²) in [6.07, 6.45) is 7.94. The quantitative estimate of drug-likeness (QED) is 0.754. The van der Waals surface area contributed by atoms with Crippen LogP contribution >= 0.6 is 0 Å². The van der Waals surface area contributed by atoms with Gasteiger partial charge in [0.1, 0.15) is 0 Å². The maximum Gasteiger partial charge on any atom is 0.0678 e. The highest BCUT2D eigenvalue weighted by molar-refractivity contribution is 4.73. The molecule has 3 nitrogen and oxygen atoms in total. The monoisotopic (exact) mass is 241 g/mol. The molecule has 2 fully saturated rings. The van der Waals surface area contributed by atoms with Crippen LogP contribution in [0.3, 0.4) is 0 Å². The highest BCUT2D eigenvalue weighted by Gasteiger charge is 2.22. The molecular weight excluding hydrogens is 214 g/mol. The third-order valence-corrected chi connectivity index (χ3v) is 3.81. The zero-order valence-electron chi connectivity index (χ0n) is 11.4. The number of nitrogens with zero attached hydrogens (tertiary/aromatic N) is 1. The summed E-state index contributed by atoms with van der Waals surface area (Å²) in [6.45, 7) is 8.38. The number of hydrogen-bond donors (Lipinski definition) is 0. The molecule has 1 aliphatic carbocycles. The largest absolute Gasteiger partial charge is 0.377 e. The van der Waals surface area contributed by atoms with E-state index in [0.717, 1.165) is 26.2 Å². The van der Waals surface area contributed by atoms with Crippen molar-refractivity contribution in [2.45, 2.75) is 64.3 Å². The molecule has 0 amide bonds. The maximum atomic E-state index is 5.97. The lowest BCUT2D eigenvalue weighted by molar-refractivity contribution is -0.0773. The molecule has 100 valence electrons. The molecule has 2 atom stereocenters. The molecule has 0 radical (unpaired) electrons. The Morgan fingerprint density at radius 3 is 2.35 bits per heavy atom. The molecule has 0 spiro atoms. The highest BCUT2D eigenvalue weighted by Crippen LogP contribution is 2.20. The van der Waals surface area contributed by atoms with E-state index in [4.69, 9.17) is 9.47 Å². The van der Waals surface area contributed by atoms with E-state index in [0.29, 0.717) is 18.3 Å². The summed E-state index contributed by atoms with van der Waals surface area (Å²) in [5.41, 5.74) is 0. The SMILES string of the molecule is CC1CN(CCOC2CCCCC2)CC(C)O1. The molecule has 1 aliphatic heterocycles. The average molecular weight is 241 g/mol. The summed E-state index contributed by atoms with van der Waals surface area (Å²) in [4.78, 5) is 2.47. The summed E-state index contributed by atoms with van der Waals surface area (Å²) >= 11 is 0. The molecule has 0 aromatic heterocycles. The maximum absolute atomic E-state index is 5.97. The first-order chi connectivity index (χ1) is 8.24. The van der Waals surface area contributed by atoms with E-state index in [1.165, 1.54) is 32.1 Å². The van der Waals surface area contributed by atoms with E-state index in [-0.39, 0.29) is 0 Å². The summed E-state index contributed by atoms with van der Waals surface area (Å²) in [5, 5.41) is 0. The van der Waals surface area contributed by atoms with E-state index in [1.54, 1.807) is 0 Å². The van der Waals surface area contributed by atoms with Gasteiger partial charge < -0.3 is 9.47 Å². The predicted octanol–water partition coefficient (Wildman–Crippen LogP) is 2.44. The fourth-order valence-electron chi connectivity index (χ4n) is 3.05. The summed E-state index contributed by atoms with van der Waals surface area (Å²) in [5.74, 6) is 0. The lowest BCUT2D eigenvalue weighted by atomic mass is 9.98. The van der Waals surface area contributed by atoms with Crippen molar-refractivity contribution in [3.05, 3.63) is 0 Å². The van der Waals surface area contributed by atoms with Gasteiger partial charge in [0.05, 0.1) is 24.9 Å². The second-order valence-electron chi connectivity index (χ2n) is 5.65. The molecule has 2 unspecified atom stereocenters. The van der Waals surface area contributed by atoms with Crippen LogP contribution in [0.5, 0.6) is 0 Å². The Kier molecular flexibility index (Phi) is 5.26. The Labute approximate surface area is 105 Å². The third-order valence-electron chi connectivity index (χ3n) is 3.81. The molecule has 1 saturated carbocycles. The Morgan fingerprint density at radius 1 is 1.06 bits per heavy atom. The molecule has 2 rings (SSSR count). The molecule has 3 heteroatoms. The summed E-state index contributed by atoms with van der Waals surface area (Å²) in [6, 6.07) is 0. The molecular formula is C14H27NO2. The molecule has 2 aliphatic rings. The van der Waals surface area contributed by atoms with Crippen LogP contribution in [0.25, 0.3) is 0 Å². The topological polar surface area (TPSA) is 21.7 Å². The molecule has 0 bridgehead atoms. The summed E-state index contributed by atoms with van der Waals surface area (Å²) in [7, 11) is 0. The normalized spacial score (nSPS) is 32.8. The molecule has 1 heterocycles. The van der Waals surface area contributed by atoms with Gasteiger partial charge in [0.15, 0.2) is 0 Å². The van der Waals surface area contributed by atoms with Crippen molar-refractivity contribution in [1.29, 1.82) is 0 Å².